The third kappa shape index (κ3) is 7.68. The molecule has 1 rings (SSSR count). The summed E-state index contributed by atoms with van der Waals surface area (Å²) in [7, 11) is 0. The molecule has 0 saturated heterocycles. The van der Waals surface area contributed by atoms with Crippen LogP contribution in [0.15, 0.2) is 0 Å². The van der Waals surface area contributed by atoms with Crippen LogP contribution in [0, 0.1) is 5.92 Å². The van der Waals surface area contributed by atoms with Gasteiger partial charge in [-0.15, -0.1) is 4.98 Å². The van der Waals surface area contributed by atoms with Crippen molar-refractivity contribution >= 4 is 5.95 Å². The van der Waals surface area contributed by atoms with Crippen molar-refractivity contribution in [2.45, 2.75) is 53.4 Å². The van der Waals surface area contributed by atoms with E-state index in [4.69, 9.17) is 9.47 Å². The van der Waals surface area contributed by atoms with Gasteiger partial charge in [-0.2, -0.15) is 9.97 Å². The van der Waals surface area contributed by atoms with Crippen molar-refractivity contribution < 1.29 is 9.47 Å². The van der Waals surface area contributed by atoms with E-state index in [0.717, 1.165) is 32.2 Å². The summed E-state index contributed by atoms with van der Waals surface area (Å²) in [6.45, 7) is 10.5. The molecule has 0 aliphatic heterocycles. The Kier molecular flexibility index (Phi) is 8.47. The number of aromatic nitrogens is 3. The van der Waals surface area contributed by atoms with Crippen molar-refractivity contribution in [2.24, 2.45) is 5.92 Å². The van der Waals surface area contributed by atoms with Gasteiger partial charge in [0.05, 0.1) is 13.2 Å². The van der Waals surface area contributed by atoms with Crippen molar-refractivity contribution in [3.63, 3.8) is 0 Å². The fourth-order valence-corrected chi connectivity index (χ4v) is 1.63. The van der Waals surface area contributed by atoms with Crippen LogP contribution in [0.25, 0.3) is 0 Å². The largest absolute Gasteiger partial charge is 0.463 e. The van der Waals surface area contributed by atoms with Crippen molar-refractivity contribution in [2.75, 3.05) is 25.1 Å². The number of nitrogens with one attached hydrogen (secondary N) is 1. The molecule has 0 aliphatic carbocycles. The second kappa shape index (κ2) is 10.2. The van der Waals surface area contributed by atoms with E-state index in [-0.39, 0.29) is 0 Å². The van der Waals surface area contributed by atoms with Gasteiger partial charge in [-0.05, 0) is 31.6 Å². The zero-order chi connectivity index (χ0) is 15.5. The van der Waals surface area contributed by atoms with Gasteiger partial charge in [0.15, 0.2) is 0 Å². The predicted molar refractivity (Wildman–Crippen MR) is 84.0 cm³/mol. The maximum Gasteiger partial charge on any atom is 0.324 e. The molecule has 0 radical (unpaired) electrons. The molecular formula is C15H28N4O2. The highest BCUT2D eigenvalue weighted by molar-refractivity contribution is 5.27. The first kappa shape index (κ1) is 17.5. The highest BCUT2D eigenvalue weighted by Gasteiger charge is 2.08. The van der Waals surface area contributed by atoms with Crippen LogP contribution < -0.4 is 14.8 Å². The molecule has 1 N–H and O–H groups in total. The topological polar surface area (TPSA) is 69.2 Å². The maximum atomic E-state index is 5.62. The van der Waals surface area contributed by atoms with Gasteiger partial charge in [0.1, 0.15) is 0 Å². The van der Waals surface area contributed by atoms with Gasteiger partial charge in [-0.3, -0.25) is 0 Å². The molecule has 0 fully saturated rings. The minimum atomic E-state index is 0.323. The quantitative estimate of drug-likeness (QED) is 0.632. The Morgan fingerprint density at radius 2 is 1.62 bits per heavy atom. The van der Waals surface area contributed by atoms with Crippen LogP contribution in [0.5, 0.6) is 12.0 Å². The first-order chi connectivity index (χ1) is 10.2. The number of nitrogens with zero attached hydrogens (tertiary/aromatic N) is 3. The van der Waals surface area contributed by atoms with Crippen LogP contribution in [0.3, 0.4) is 0 Å². The summed E-state index contributed by atoms with van der Waals surface area (Å²) < 4.78 is 11.1. The van der Waals surface area contributed by atoms with Gasteiger partial charge in [0.25, 0.3) is 0 Å². The fraction of sp³-hybridized carbons (Fsp3) is 0.800. The average molecular weight is 296 g/mol. The molecule has 21 heavy (non-hydrogen) atoms. The van der Waals surface area contributed by atoms with Crippen LogP contribution >= 0.6 is 0 Å². The molecule has 0 unspecified atom stereocenters. The average Bonchev–Trinajstić information content (AvgIpc) is 2.47. The zero-order valence-corrected chi connectivity index (χ0v) is 13.7. The second-order valence-electron chi connectivity index (χ2n) is 5.38. The Morgan fingerprint density at radius 1 is 0.952 bits per heavy atom. The normalized spacial score (nSPS) is 10.7. The van der Waals surface area contributed by atoms with Crippen molar-refractivity contribution in [3.05, 3.63) is 0 Å². The van der Waals surface area contributed by atoms with Crippen molar-refractivity contribution in [1.29, 1.82) is 0 Å². The smallest absolute Gasteiger partial charge is 0.324 e. The minimum Gasteiger partial charge on any atom is -0.463 e. The highest BCUT2D eigenvalue weighted by Crippen LogP contribution is 2.14. The van der Waals surface area contributed by atoms with E-state index in [1.165, 1.54) is 0 Å². The molecule has 1 aromatic heterocycles. The lowest BCUT2D eigenvalue weighted by atomic mass is 10.1. The SMILES string of the molecule is CCCNc1nc(OCCC)nc(OCCCC(C)C)n1. The van der Waals surface area contributed by atoms with Gasteiger partial charge < -0.3 is 14.8 Å². The number of hydrogen-bond donors (Lipinski definition) is 1. The molecule has 0 aliphatic rings. The first-order valence-electron chi connectivity index (χ1n) is 7.91. The lowest BCUT2D eigenvalue weighted by molar-refractivity contribution is 0.254. The Labute approximate surface area is 127 Å². The summed E-state index contributed by atoms with van der Waals surface area (Å²) in [4.78, 5) is 12.7. The summed E-state index contributed by atoms with van der Waals surface area (Å²) in [5.74, 6) is 1.19. The molecule has 6 nitrogen and oxygen atoms in total. The standard InChI is InChI=1S/C15H28N4O2/c1-5-9-16-13-17-14(20-10-6-2)19-15(18-13)21-11-7-8-12(3)4/h12H,5-11H2,1-4H3,(H,16,17,18,19). The van der Waals surface area contributed by atoms with E-state index in [9.17, 15) is 0 Å². The Bertz CT molecular complexity index is 373. The molecule has 0 aromatic carbocycles. The number of rotatable bonds is 11. The fourth-order valence-electron chi connectivity index (χ4n) is 1.63. The van der Waals surface area contributed by atoms with E-state index < -0.39 is 0 Å². The molecular weight excluding hydrogens is 268 g/mol. The van der Waals surface area contributed by atoms with Crippen LogP contribution in [-0.4, -0.2) is 34.7 Å². The Hall–Kier alpha value is -1.59. The van der Waals surface area contributed by atoms with Gasteiger partial charge >= 0.3 is 12.0 Å². The highest BCUT2D eigenvalue weighted by atomic mass is 16.5. The van der Waals surface area contributed by atoms with Gasteiger partial charge in [0.2, 0.25) is 5.95 Å². The molecule has 0 atom stereocenters. The molecule has 0 spiro atoms. The van der Waals surface area contributed by atoms with E-state index >= 15 is 0 Å². The lowest BCUT2D eigenvalue weighted by Gasteiger charge is -2.10. The van der Waals surface area contributed by atoms with Gasteiger partial charge in [-0.25, -0.2) is 0 Å². The van der Waals surface area contributed by atoms with E-state index in [0.29, 0.717) is 37.1 Å². The van der Waals surface area contributed by atoms with Gasteiger partial charge in [-0.1, -0.05) is 27.7 Å². The molecule has 1 aromatic rings. The number of anilines is 1. The summed E-state index contributed by atoms with van der Waals surface area (Å²) in [5, 5.41) is 3.14. The van der Waals surface area contributed by atoms with Crippen LogP contribution in [-0.2, 0) is 0 Å². The summed E-state index contributed by atoms with van der Waals surface area (Å²) in [6, 6.07) is 0.655. The van der Waals surface area contributed by atoms with Crippen LogP contribution in [0.1, 0.15) is 53.4 Å². The molecule has 120 valence electrons. The second-order valence-corrected chi connectivity index (χ2v) is 5.38. The molecule has 0 bridgehead atoms. The summed E-state index contributed by atoms with van der Waals surface area (Å²) in [5.41, 5.74) is 0. The number of hydrogen-bond acceptors (Lipinski definition) is 6. The molecule has 1 heterocycles. The minimum absolute atomic E-state index is 0.323. The first-order valence-corrected chi connectivity index (χ1v) is 7.91. The van der Waals surface area contributed by atoms with Gasteiger partial charge in [0, 0.05) is 6.54 Å². The monoisotopic (exact) mass is 296 g/mol. The van der Waals surface area contributed by atoms with Crippen LogP contribution in [0.2, 0.25) is 0 Å². The van der Waals surface area contributed by atoms with E-state index in [1.54, 1.807) is 0 Å². The van der Waals surface area contributed by atoms with Crippen LogP contribution in [0.4, 0.5) is 5.95 Å². The zero-order valence-electron chi connectivity index (χ0n) is 13.7. The summed E-state index contributed by atoms with van der Waals surface area (Å²) >= 11 is 0. The molecule has 6 heteroatoms. The maximum absolute atomic E-state index is 5.62. The van der Waals surface area contributed by atoms with Crippen molar-refractivity contribution in [1.82, 2.24) is 15.0 Å². The lowest BCUT2D eigenvalue weighted by Crippen LogP contribution is -2.11. The van der Waals surface area contributed by atoms with E-state index in [1.807, 2.05) is 6.92 Å². The molecule has 0 saturated carbocycles. The third-order valence-corrected chi connectivity index (χ3v) is 2.72. The Balaban J connectivity index is 2.61. The van der Waals surface area contributed by atoms with Crippen molar-refractivity contribution in [3.8, 4) is 12.0 Å². The Morgan fingerprint density at radius 3 is 2.19 bits per heavy atom. The number of ether oxygens (including phenoxy) is 2. The molecule has 0 amide bonds. The summed E-state index contributed by atoms with van der Waals surface area (Å²) in [6.07, 6.45) is 4.03. The predicted octanol–water partition coefficient (Wildman–Crippen LogP) is 3.30. The third-order valence-electron chi connectivity index (χ3n) is 2.72. The van der Waals surface area contributed by atoms with E-state index in [2.05, 4.69) is 41.0 Å².